The Bertz CT molecular complexity index is 436. The lowest BCUT2D eigenvalue weighted by Gasteiger charge is -2.31. The summed E-state index contributed by atoms with van der Waals surface area (Å²) < 4.78 is 0. The Hall–Kier alpha value is -0.940. The van der Waals surface area contributed by atoms with Gasteiger partial charge >= 0.3 is 0 Å². The lowest BCUT2D eigenvalue weighted by Crippen LogP contribution is -2.45. The second-order valence-corrected chi connectivity index (χ2v) is 6.79. The third kappa shape index (κ3) is 2.72. The number of carbonyl (C=O) groups is 1. The Morgan fingerprint density at radius 3 is 2.89 bits per heavy atom. The molecular formula is C13H21N3OS. The van der Waals surface area contributed by atoms with Crippen molar-refractivity contribution < 1.29 is 4.79 Å². The van der Waals surface area contributed by atoms with Crippen LogP contribution in [0.1, 0.15) is 49.0 Å². The van der Waals surface area contributed by atoms with Crippen LogP contribution in [-0.2, 0) is 5.41 Å². The summed E-state index contributed by atoms with van der Waals surface area (Å²) in [6.45, 7) is 7.73. The monoisotopic (exact) mass is 267 g/mol. The van der Waals surface area contributed by atoms with Crippen LogP contribution in [0.25, 0.3) is 0 Å². The maximum atomic E-state index is 12.5. The van der Waals surface area contributed by atoms with Gasteiger partial charge in [-0.3, -0.25) is 4.79 Å². The first-order valence-electron chi connectivity index (χ1n) is 6.38. The lowest BCUT2D eigenvalue weighted by molar-refractivity contribution is 0.0711. The fourth-order valence-electron chi connectivity index (χ4n) is 2.27. The van der Waals surface area contributed by atoms with E-state index in [9.17, 15) is 4.79 Å². The zero-order valence-electron chi connectivity index (χ0n) is 11.3. The summed E-state index contributed by atoms with van der Waals surface area (Å²) >= 11 is 1.44. The topological polar surface area (TPSA) is 59.2 Å². The van der Waals surface area contributed by atoms with Crippen LogP contribution >= 0.6 is 11.3 Å². The predicted molar refractivity (Wildman–Crippen MR) is 73.9 cm³/mol. The van der Waals surface area contributed by atoms with Crippen molar-refractivity contribution in [1.29, 1.82) is 0 Å². The smallest absolute Gasteiger partial charge is 0.265 e. The number of likely N-dealkylation sites (tertiary alicyclic amines) is 1. The number of aromatic nitrogens is 1. The van der Waals surface area contributed by atoms with Crippen LogP contribution in [-0.4, -0.2) is 34.9 Å². The van der Waals surface area contributed by atoms with Crippen molar-refractivity contribution in [3.8, 4) is 0 Å². The summed E-state index contributed by atoms with van der Waals surface area (Å²) in [5.41, 5.74) is 8.50. The minimum Gasteiger partial charge on any atom is -0.336 e. The van der Waals surface area contributed by atoms with Gasteiger partial charge in [0.1, 0.15) is 4.88 Å². The van der Waals surface area contributed by atoms with E-state index < -0.39 is 0 Å². The van der Waals surface area contributed by atoms with E-state index in [1.165, 1.54) is 11.3 Å². The molecule has 1 aromatic heterocycles. The molecule has 0 aliphatic carbocycles. The first-order valence-corrected chi connectivity index (χ1v) is 7.26. The van der Waals surface area contributed by atoms with Gasteiger partial charge in [0.15, 0.2) is 0 Å². The van der Waals surface area contributed by atoms with E-state index >= 15 is 0 Å². The Kier molecular flexibility index (Phi) is 3.73. The van der Waals surface area contributed by atoms with Crippen LogP contribution in [0.15, 0.2) is 5.51 Å². The summed E-state index contributed by atoms with van der Waals surface area (Å²) in [6, 6.07) is 0.119. The standard InChI is InChI=1S/C13H21N3OS/c1-13(2,3)11-10(18-8-15-11)12(17)16-6-4-5-9(14)7-16/h8-9H,4-7,14H2,1-3H3. The van der Waals surface area contributed by atoms with Crippen molar-refractivity contribution in [2.24, 2.45) is 5.73 Å². The molecular weight excluding hydrogens is 246 g/mol. The molecule has 1 aromatic rings. The number of nitrogens with two attached hydrogens (primary N) is 1. The first kappa shape index (κ1) is 13.5. The summed E-state index contributed by atoms with van der Waals surface area (Å²) in [4.78, 5) is 19.5. The van der Waals surface area contributed by atoms with Crippen LogP contribution in [0, 0.1) is 0 Å². The molecule has 18 heavy (non-hydrogen) atoms. The van der Waals surface area contributed by atoms with Crippen LogP contribution < -0.4 is 5.73 Å². The number of hydrogen-bond acceptors (Lipinski definition) is 4. The van der Waals surface area contributed by atoms with Crippen molar-refractivity contribution in [2.45, 2.75) is 45.1 Å². The molecule has 0 spiro atoms. The number of amides is 1. The largest absolute Gasteiger partial charge is 0.336 e. The van der Waals surface area contributed by atoms with Crippen LogP contribution in [0.4, 0.5) is 0 Å². The summed E-state index contributed by atoms with van der Waals surface area (Å²) in [6.07, 6.45) is 2.01. The Labute approximate surface area is 112 Å². The maximum Gasteiger partial charge on any atom is 0.265 e. The molecule has 1 atom stereocenters. The third-order valence-corrected chi connectivity index (χ3v) is 4.03. The van der Waals surface area contributed by atoms with Crippen LogP contribution in [0.3, 0.4) is 0 Å². The fourth-order valence-corrected chi connectivity index (χ4v) is 3.23. The van der Waals surface area contributed by atoms with Gasteiger partial charge < -0.3 is 10.6 Å². The number of nitrogens with zero attached hydrogens (tertiary/aromatic N) is 2. The molecule has 2 rings (SSSR count). The molecule has 4 nitrogen and oxygen atoms in total. The summed E-state index contributed by atoms with van der Waals surface area (Å²) in [7, 11) is 0. The molecule has 1 fully saturated rings. The highest BCUT2D eigenvalue weighted by atomic mass is 32.1. The van der Waals surface area contributed by atoms with Crippen LogP contribution in [0.2, 0.25) is 0 Å². The molecule has 1 saturated heterocycles. The predicted octanol–water partition coefficient (Wildman–Crippen LogP) is 2.00. The third-order valence-electron chi connectivity index (χ3n) is 3.22. The molecule has 1 amide bonds. The van der Waals surface area contributed by atoms with E-state index in [0.29, 0.717) is 6.54 Å². The highest BCUT2D eigenvalue weighted by Crippen LogP contribution is 2.28. The summed E-state index contributed by atoms with van der Waals surface area (Å²) in [5, 5.41) is 0. The number of hydrogen-bond donors (Lipinski definition) is 1. The second-order valence-electron chi connectivity index (χ2n) is 5.93. The normalized spacial score (nSPS) is 21.1. The molecule has 5 heteroatoms. The molecule has 2 heterocycles. The van der Waals surface area contributed by atoms with Gasteiger partial charge in [-0.05, 0) is 12.8 Å². The van der Waals surface area contributed by atoms with Crippen molar-refractivity contribution >= 4 is 17.2 Å². The number of thiazole rings is 1. The quantitative estimate of drug-likeness (QED) is 0.846. The summed E-state index contributed by atoms with van der Waals surface area (Å²) in [5.74, 6) is 0.0950. The average molecular weight is 267 g/mol. The maximum absolute atomic E-state index is 12.5. The number of piperidine rings is 1. The van der Waals surface area contributed by atoms with Gasteiger partial charge in [-0.2, -0.15) is 0 Å². The van der Waals surface area contributed by atoms with Gasteiger partial charge in [0.25, 0.3) is 5.91 Å². The van der Waals surface area contributed by atoms with Gasteiger partial charge in [0.05, 0.1) is 11.2 Å². The molecule has 0 saturated carbocycles. The highest BCUT2D eigenvalue weighted by molar-refractivity contribution is 7.11. The van der Waals surface area contributed by atoms with Crippen molar-refractivity contribution in [1.82, 2.24) is 9.88 Å². The van der Waals surface area contributed by atoms with Gasteiger partial charge in [-0.15, -0.1) is 11.3 Å². The van der Waals surface area contributed by atoms with Crippen molar-refractivity contribution in [2.75, 3.05) is 13.1 Å². The van der Waals surface area contributed by atoms with Gasteiger partial charge in [-0.1, -0.05) is 20.8 Å². The lowest BCUT2D eigenvalue weighted by atomic mass is 9.91. The zero-order chi connectivity index (χ0) is 13.3. The van der Waals surface area contributed by atoms with E-state index in [0.717, 1.165) is 30.0 Å². The average Bonchev–Trinajstić information content (AvgIpc) is 2.76. The molecule has 0 radical (unpaired) electrons. The second kappa shape index (κ2) is 4.97. The Morgan fingerprint density at radius 1 is 1.56 bits per heavy atom. The van der Waals surface area contributed by atoms with Crippen molar-refractivity contribution in [3.63, 3.8) is 0 Å². The molecule has 0 aromatic carbocycles. The van der Waals surface area contributed by atoms with E-state index in [1.54, 1.807) is 5.51 Å². The minimum absolute atomic E-state index is 0.0943. The van der Waals surface area contributed by atoms with Crippen LogP contribution in [0.5, 0.6) is 0 Å². The molecule has 100 valence electrons. The zero-order valence-corrected chi connectivity index (χ0v) is 12.1. The molecule has 1 aliphatic rings. The van der Waals surface area contributed by atoms with E-state index in [2.05, 4.69) is 25.8 Å². The fraction of sp³-hybridized carbons (Fsp3) is 0.692. The highest BCUT2D eigenvalue weighted by Gasteiger charge is 2.29. The van der Waals surface area contributed by atoms with Crippen molar-refractivity contribution in [3.05, 3.63) is 16.1 Å². The van der Waals surface area contributed by atoms with E-state index in [1.807, 2.05) is 4.90 Å². The molecule has 2 N–H and O–H groups in total. The number of rotatable bonds is 1. The molecule has 0 bridgehead atoms. The van der Waals surface area contributed by atoms with Gasteiger partial charge in [-0.25, -0.2) is 4.98 Å². The minimum atomic E-state index is -0.0943. The first-order chi connectivity index (χ1) is 8.39. The molecule has 1 unspecified atom stereocenters. The van der Waals surface area contributed by atoms with E-state index in [-0.39, 0.29) is 17.4 Å². The number of carbonyl (C=O) groups excluding carboxylic acids is 1. The van der Waals surface area contributed by atoms with Gasteiger partial charge in [0.2, 0.25) is 0 Å². The van der Waals surface area contributed by atoms with E-state index in [4.69, 9.17) is 5.73 Å². The van der Waals surface area contributed by atoms with Gasteiger partial charge in [0, 0.05) is 24.5 Å². The SMILES string of the molecule is CC(C)(C)c1ncsc1C(=O)N1CCCC(N)C1. The Balaban J connectivity index is 2.21. The Morgan fingerprint density at radius 2 is 2.28 bits per heavy atom. The molecule has 1 aliphatic heterocycles.